The second-order valence-electron chi connectivity index (χ2n) is 2.85. The first kappa shape index (κ1) is 10.3. The van der Waals surface area contributed by atoms with Gasteiger partial charge in [0.25, 0.3) is 0 Å². The average molecular weight is 191 g/mol. The molecule has 0 aliphatic heterocycles. The predicted octanol–water partition coefficient (Wildman–Crippen LogP) is 1.64. The minimum Gasteiger partial charge on any atom is -0.339 e. The van der Waals surface area contributed by atoms with Crippen molar-refractivity contribution < 1.29 is 9.18 Å². The molecule has 1 amide bonds. The van der Waals surface area contributed by atoms with Gasteiger partial charge in [-0.15, -0.1) is 6.42 Å². The van der Waals surface area contributed by atoms with Crippen molar-refractivity contribution in [2.45, 2.75) is 13.0 Å². The summed E-state index contributed by atoms with van der Waals surface area (Å²) in [7, 11) is 0. The lowest BCUT2D eigenvalue weighted by Gasteiger charge is -2.11. The fourth-order valence-corrected chi connectivity index (χ4v) is 1.08. The number of nitrogens with one attached hydrogen (secondary N) is 1. The van der Waals surface area contributed by atoms with Gasteiger partial charge in [-0.3, -0.25) is 4.79 Å². The maximum atomic E-state index is 12.6. The van der Waals surface area contributed by atoms with Crippen molar-refractivity contribution >= 4 is 5.91 Å². The van der Waals surface area contributed by atoms with Crippen LogP contribution >= 0.6 is 0 Å². The fourth-order valence-electron chi connectivity index (χ4n) is 1.08. The molecule has 0 aliphatic carbocycles. The maximum absolute atomic E-state index is 12.6. The molecule has 0 aromatic heterocycles. The number of halogens is 1. The summed E-state index contributed by atoms with van der Waals surface area (Å²) in [4.78, 5) is 10.8. The van der Waals surface area contributed by atoms with Crippen molar-refractivity contribution in [1.29, 1.82) is 0 Å². The fraction of sp³-hybridized carbons (Fsp3) is 0.182. The highest BCUT2D eigenvalue weighted by molar-refractivity contribution is 5.74. The lowest BCUT2D eigenvalue weighted by molar-refractivity contribution is -0.119. The van der Waals surface area contributed by atoms with Crippen LogP contribution in [0.1, 0.15) is 18.5 Å². The van der Waals surface area contributed by atoms with E-state index in [4.69, 9.17) is 6.42 Å². The van der Waals surface area contributed by atoms with Crippen molar-refractivity contribution in [3.05, 3.63) is 35.6 Å². The molecule has 1 atom stereocenters. The van der Waals surface area contributed by atoms with E-state index in [1.54, 1.807) is 12.1 Å². The Balaban J connectivity index is 2.85. The first-order valence-corrected chi connectivity index (χ1v) is 4.12. The van der Waals surface area contributed by atoms with Gasteiger partial charge in [0.1, 0.15) is 11.9 Å². The second kappa shape index (κ2) is 4.43. The average Bonchev–Trinajstić information content (AvgIpc) is 2.15. The number of amides is 1. The van der Waals surface area contributed by atoms with Gasteiger partial charge in [-0.1, -0.05) is 18.1 Å². The van der Waals surface area contributed by atoms with Gasteiger partial charge in [-0.05, 0) is 17.7 Å². The zero-order valence-electron chi connectivity index (χ0n) is 7.75. The Kier molecular flexibility index (Phi) is 3.24. The number of carbonyl (C=O) groups is 1. The molecule has 14 heavy (non-hydrogen) atoms. The number of rotatable bonds is 2. The van der Waals surface area contributed by atoms with E-state index in [-0.39, 0.29) is 11.7 Å². The lowest BCUT2D eigenvalue weighted by Crippen LogP contribution is -2.24. The van der Waals surface area contributed by atoms with Gasteiger partial charge >= 0.3 is 0 Å². The molecular weight excluding hydrogens is 181 g/mol. The van der Waals surface area contributed by atoms with Crippen molar-refractivity contribution in [2.75, 3.05) is 0 Å². The van der Waals surface area contributed by atoms with Gasteiger partial charge in [-0.25, -0.2) is 4.39 Å². The summed E-state index contributed by atoms with van der Waals surface area (Å²) in [5.41, 5.74) is 0.698. The summed E-state index contributed by atoms with van der Waals surface area (Å²) in [6.45, 7) is 1.38. The molecule has 0 saturated carbocycles. The Morgan fingerprint density at radius 2 is 2.07 bits per heavy atom. The molecule has 1 N–H and O–H groups in total. The SMILES string of the molecule is C#C[C@@H](NC(C)=O)c1ccc(F)cc1. The molecule has 0 fully saturated rings. The second-order valence-corrected chi connectivity index (χ2v) is 2.85. The Morgan fingerprint density at radius 1 is 1.50 bits per heavy atom. The molecule has 0 unspecified atom stereocenters. The van der Waals surface area contributed by atoms with Crippen LogP contribution in [-0.2, 0) is 4.79 Å². The van der Waals surface area contributed by atoms with Gasteiger partial charge in [0.05, 0.1) is 0 Å². The van der Waals surface area contributed by atoms with E-state index in [1.807, 2.05) is 0 Å². The Labute approximate surface area is 82.1 Å². The standard InChI is InChI=1S/C11H10FNO/c1-3-11(13-8(2)14)9-4-6-10(12)7-5-9/h1,4-7,11H,2H3,(H,13,14)/t11-/m1/s1. The van der Waals surface area contributed by atoms with Gasteiger partial charge in [0, 0.05) is 6.92 Å². The number of hydrogen-bond donors (Lipinski definition) is 1. The largest absolute Gasteiger partial charge is 0.339 e. The summed E-state index contributed by atoms with van der Waals surface area (Å²) in [5, 5.41) is 2.57. The Morgan fingerprint density at radius 3 is 2.50 bits per heavy atom. The zero-order chi connectivity index (χ0) is 10.6. The van der Waals surface area contributed by atoms with Crippen LogP contribution in [0.5, 0.6) is 0 Å². The van der Waals surface area contributed by atoms with E-state index < -0.39 is 6.04 Å². The number of benzene rings is 1. The molecule has 3 heteroatoms. The van der Waals surface area contributed by atoms with Crippen molar-refractivity contribution in [1.82, 2.24) is 5.32 Å². The van der Waals surface area contributed by atoms with Crippen LogP contribution in [0, 0.1) is 18.2 Å². The lowest BCUT2D eigenvalue weighted by atomic mass is 10.1. The minimum absolute atomic E-state index is 0.211. The van der Waals surface area contributed by atoms with Crippen LogP contribution in [-0.4, -0.2) is 5.91 Å². The van der Waals surface area contributed by atoms with Gasteiger partial charge < -0.3 is 5.32 Å². The first-order chi connectivity index (χ1) is 6.63. The third kappa shape index (κ3) is 2.60. The van der Waals surface area contributed by atoms with Crippen LogP contribution in [0.25, 0.3) is 0 Å². The molecule has 0 spiro atoms. The maximum Gasteiger partial charge on any atom is 0.218 e. The van der Waals surface area contributed by atoms with E-state index >= 15 is 0 Å². The predicted molar refractivity (Wildman–Crippen MR) is 51.8 cm³/mol. The molecule has 0 heterocycles. The normalized spacial score (nSPS) is 11.5. The third-order valence-electron chi connectivity index (χ3n) is 1.72. The molecule has 0 radical (unpaired) electrons. The van der Waals surface area contributed by atoms with E-state index in [2.05, 4.69) is 11.2 Å². The van der Waals surface area contributed by atoms with Crippen LogP contribution in [0.3, 0.4) is 0 Å². The van der Waals surface area contributed by atoms with E-state index in [1.165, 1.54) is 19.1 Å². The number of hydrogen-bond acceptors (Lipinski definition) is 1. The highest BCUT2D eigenvalue weighted by atomic mass is 19.1. The summed E-state index contributed by atoms with van der Waals surface area (Å²) in [6.07, 6.45) is 5.23. The van der Waals surface area contributed by atoms with Crippen LogP contribution in [0.15, 0.2) is 24.3 Å². The first-order valence-electron chi connectivity index (χ1n) is 4.12. The van der Waals surface area contributed by atoms with Gasteiger partial charge in [0.2, 0.25) is 5.91 Å². The minimum atomic E-state index is -0.493. The van der Waals surface area contributed by atoms with Gasteiger partial charge in [-0.2, -0.15) is 0 Å². The zero-order valence-corrected chi connectivity index (χ0v) is 7.75. The summed E-state index contributed by atoms with van der Waals surface area (Å²) in [5.74, 6) is 1.88. The third-order valence-corrected chi connectivity index (χ3v) is 1.72. The molecule has 1 rings (SSSR count). The molecular formula is C11H10FNO. The van der Waals surface area contributed by atoms with E-state index in [0.29, 0.717) is 5.56 Å². The quantitative estimate of drug-likeness (QED) is 0.707. The van der Waals surface area contributed by atoms with E-state index in [0.717, 1.165) is 0 Å². The monoisotopic (exact) mass is 191 g/mol. The van der Waals surface area contributed by atoms with Crippen molar-refractivity contribution in [2.24, 2.45) is 0 Å². The molecule has 0 bridgehead atoms. The Hall–Kier alpha value is -1.82. The van der Waals surface area contributed by atoms with Gasteiger partial charge in [0.15, 0.2) is 0 Å². The highest BCUT2D eigenvalue weighted by Gasteiger charge is 2.08. The highest BCUT2D eigenvalue weighted by Crippen LogP contribution is 2.12. The van der Waals surface area contributed by atoms with Crippen molar-refractivity contribution in [3.8, 4) is 12.3 Å². The summed E-state index contributed by atoms with van der Waals surface area (Å²) >= 11 is 0. The molecule has 0 aliphatic rings. The Bertz CT molecular complexity index is 364. The van der Waals surface area contributed by atoms with Crippen LogP contribution in [0.2, 0.25) is 0 Å². The topological polar surface area (TPSA) is 29.1 Å². The molecule has 1 aromatic carbocycles. The van der Waals surface area contributed by atoms with Crippen LogP contribution in [0.4, 0.5) is 4.39 Å². The van der Waals surface area contributed by atoms with Crippen LogP contribution < -0.4 is 5.32 Å². The smallest absolute Gasteiger partial charge is 0.218 e. The summed E-state index contributed by atoms with van der Waals surface area (Å²) in [6, 6.07) is 5.22. The number of carbonyl (C=O) groups excluding carboxylic acids is 1. The molecule has 1 aromatic rings. The van der Waals surface area contributed by atoms with Crippen molar-refractivity contribution in [3.63, 3.8) is 0 Å². The summed E-state index contributed by atoms with van der Waals surface area (Å²) < 4.78 is 12.6. The molecule has 2 nitrogen and oxygen atoms in total. The molecule has 72 valence electrons. The van der Waals surface area contributed by atoms with E-state index in [9.17, 15) is 9.18 Å². The number of terminal acetylenes is 1. The molecule has 0 saturated heterocycles.